The van der Waals surface area contributed by atoms with Crippen molar-refractivity contribution in [2.24, 2.45) is 5.92 Å². The van der Waals surface area contributed by atoms with Crippen molar-refractivity contribution >= 4 is 51.8 Å². The molecule has 0 bridgehead atoms. The van der Waals surface area contributed by atoms with Crippen molar-refractivity contribution in [2.75, 3.05) is 38.3 Å². The smallest absolute Gasteiger partial charge is 0.242 e. The van der Waals surface area contributed by atoms with Gasteiger partial charge in [-0.2, -0.15) is 0 Å². The van der Waals surface area contributed by atoms with Gasteiger partial charge in [0.25, 0.3) is 0 Å². The van der Waals surface area contributed by atoms with Gasteiger partial charge in [0, 0.05) is 53.6 Å². The zero-order valence-electron chi connectivity index (χ0n) is 17.4. The first-order valence-electron chi connectivity index (χ1n) is 10.5. The minimum atomic E-state index is -0.0485. The number of amides is 2. The van der Waals surface area contributed by atoms with Crippen LogP contribution in [0.2, 0.25) is 5.02 Å². The second kappa shape index (κ2) is 9.83. The fourth-order valence-corrected chi connectivity index (χ4v) is 5.38. The van der Waals surface area contributed by atoms with E-state index in [4.69, 9.17) is 16.3 Å². The lowest BCUT2D eigenvalue weighted by atomic mass is 9.97. The Morgan fingerprint density at radius 1 is 1.19 bits per heavy atom. The number of nitrogens with zero attached hydrogens (tertiary/aromatic N) is 3. The van der Waals surface area contributed by atoms with Crippen LogP contribution in [0.5, 0.6) is 0 Å². The average molecular weight is 554 g/mol. The van der Waals surface area contributed by atoms with Gasteiger partial charge < -0.3 is 9.64 Å². The Labute approximate surface area is 201 Å². The number of halogens is 2. The van der Waals surface area contributed by atoms with Crippen LogP contribution in [-0.2, 0) is 20.7 Å². The number of carbonyl (C=O) groups is 2. The number of hydrogen-bond acceptors (Lipinski definition) is 4. The van der Waals surface area contributed by atoms with Gasteiger partial charge in [-0.3, -0.25) is 14.5 Å². The lowest BCUT2D eigenvalue weighted by molar-refractivity contribution is -0.133. The highest BCUT2D eigenvalue weighted by atomic mass is 127. The van der Waals surface area contributed by atoms with Crippen molar-refractivity contribution in [2.45, 2.75) is 25.7 Å². The predicted molar refractivity (Wildman–Crippen MR) is 129 cm³/mol. The molecule has 1 aromatic carbocycles. The maximum Gasteiger partial charge on any atom is 0.242 e. The first-order chi connectivity index (χ1) is 14.9. The molecule has 0 aliphatic carbocycles. The SMILES string of the molecule is COCC1CCN(C(=O)CN2C(=O)CCc3cc(-c4cc(Cl)cc(I)c4)cnc32)CC1. The Morgan fingerprint density at radius 2 is 1.97 bits per heavy atom. The maximum atomic E-state index is 12.9. The van der Waals surface area contributed by atoms with Gasteiger partial charge in [0.05, 0.1) is 0 Å². The third-order valence-electron chi connectivity index (χ3n) is 5.97. The molecule has 2 amide bonds. The number of carbonyl (C=O) groups excluding carboxylic acids is 2. The number of benzene rings is 1. The summed E-state index contributed by atoms with van der Waals surface area (Å²) >= 11 is 8.46. The van der Waals surface area contributed by atoms with Crippen LogP contribution >= 0.6 is 34.2 Å². The zero-order chi connectivity index (χ0) is 22.0. The highest BCUT2D eigenvalue weighted by molar-refractivity contribution is 14.1. The second-order valence-electron chi connectivity index (χ2n) is 8.12. The standard InChI is InChI=1S/C23H25ClIN3O3/c1-31-14-15-4-6-27(7-5-15)22(30)13-28-21(29)3-2-16-8-18(12-26-23(16)28)17-9-19(24)11-20(25)10-17/h8-12,15H,2-7,13-14H2,1H3. The number of hydrogen-bond donors (Lipinski definition) is 0. The molecule has 0 radical (unpaired) electrons. The number of methoxy groups -OCH3 is 1. The number of pyridine rings is 1. The molecule has 1 aromatic heterocycles. The van der Waals surface area contributed by atoms with E-state index in [1.807, 2.05) is 17.0 Å². The highest BCUT2D eigenvalue weighted by Crippen LogP contribution is 2.32. The van der Waals surface area contributed by atoms with Crippen LogP contribution in [0.4, 0.5) is 5.82 Å². The number of anilines is 1. The molecule has 164 valence electrons. The molecule has 6 nitrogen and oxygen atoms in total. The van der Waals surface area contributed by atoms with Gasteiger partial charge in [-0.1, -0.05) is 11.6 Å². The summed E-state index contributed by atoms with van der Waals surface area (Å²) in [6, 6.07) is 7.93. The number of likely N-dealkylation sites (tertiary alicyclic amines) is 1. The first kappa shape index (κ1) is 22.5. The van der Waals surface area contributed by atoms with Gasteiger partial charge in [-0.25, -0.2) is 4.98 Å². The molecule has 0 saturated carbocycles. The van der Waals surface area contributed by atoms with Crippen LogP contribution in [0.25, 0.3) is 11.1 Å². The molecule has 2 aliphatic heterocycles. The van der Waals surface area contributed by atoms with E-state index >= 15 is 0 Å². The summed E-state index contributed by atoms with van der Waals surface area (Å²) < 4.78 is 6.28. The molecule has 8 heteroatoms. The summed E-state index contributed by atoms with van der Waals surface area (Å²) in [5.74, 6) is 1.03. The number of aromatic nitrogens is 1. The van der Waals surface area contributed by atoms with Crippen LogP contribution in [-0.4, -0.2) is 55.0 Å². The van der Waals surface area contributed by atoms with E-state index in [1.165, 1.54) is 0 Å². The highest BCUT2D eigenvalue weighted by Gasteiger charge is 2.30. The number of piperidine rings is 1. The Bertz CT molecular complexity index is 972. The molecular formula is C23H25ClIN3O3. The Kier molecular flexibility index (Phi) is 7.13. The summed E-state index contributed by atoms with van der Waals surface area (Å²) in [6.07, 6.45) is 4.63. The largest absolute Gasteiger partial charge is 0.384 e. The first-order valence-corrected chi connectivity index (χ1v) is 11.9. The predicted octanol–water partition coefficient (Wildman–Crippen LogP) is 4.17. The molecule has 1 fully saturated rings. The van der Waals surface area contributed by atoms with Gasteiger partial charge in [-0.15, -0.1) is 0 Å². The van der Waals surface area contributed by atoms with Gasteiger partial charge in [0.1, 0.15) is 12.4 Å². The normalized spacial score (nSPS) is 17.1. The van der Waals surface area contributed by atoms with E-state index < -0.39 is 0 Å². The fourth-order valence-electron chi connectivity index (χ4n) is 4.29. The van der Waals surface area contributed by atoms with E-state index in [1.54, 1.807) is 18.2 Å². The molecule has 0 spiro atoms. The number of aryl methyl sites for hydroxylation is 1. The lowest BCUT2D eigenvalue weighted by Crippen LogP contribution is -2.47. The molecule has 2 aromatic rings. The summed E-state index contributed by atoms with van der Waals surface area (Å²) in [7, 11) is 1.71. The van der Waals surface area contributed by atoms with Crippen molar-refractivity contribution in [1.82, 2.24) is 9.88 Å². The average Bonchev–Trinajstić information content (AvgIpc) is 2.75. The molecule has 0 atom stereocenters. The summed E-state index contributed by atoms with van der Waals surface area (Å²) in [5.41, 5.74) is 2.93. The molecule has 3 heterocycles. The quantitative estimate of drug-likeness (QED) is 0.522. The van der Waals surface area contributed by atoms with Crippen LogP contribution in [0, 0.1) is 9.49 Å². The van der Waals surface area contributed by atoms with Crippen LogP contribution in [0.15, 0.2) is 30.5 Å². The van der Waals surface area contributed by atoms with Crippen molar-refractivity contribution < 1.29 is 14.3 Å². The molecule has 1 saturated heterocycles. The number of rotatable bonds is 5. The van der Waals surface area contributed by atoms with Crippen molar-refractivity contribution in [3.8, 4) is 11.1 Å². The zero-order valence-corrected chi connectivity index (χ0v) is 20.4. The monoisotopic (exact) mass is 553 g/mol. The van der Waals surface area contributed by atoms with E-state index in [0.29, 0.717) is 42.7 Å². The molecule has 0 unspecified atom stereocenters. The third-order valence-corrected chi connectivity index (χ3v) is 6.81. The maximum absolute atomic E-state index is 12.9. The number of ether oxygens (including phenoxy) is 1. The number of fused-ring (bicyclic) bond motifs is 1. The van der Waals surface area contributed by atoms with E-state index in [-0.39, 0.29) is 18.4 Å². The molecule has 2 aliphatic rings. The molecular weight excluding hydrogens is 529 g/mol. The van der Waals surface area contributed by atoms with Gasteiger partial charge >= 0.3 is 0 Å². The molecule has 0 N–H and O–H groups in total. The minimum Gasteiger partial charge on any atom is -0.384 e. The van der Waals surface area contributed by atoms with E-state index in [0.717, 1.165) is 39.7 Å². The Balaban J connectivity index is 1.50. The Morgan fingerprint density at radius 3 is 2.68 bits per heavy atom. The van der Waals surface area contributed by atoms with Crippen molar-refractivity contribution in [1.29, 1.82) is 0 Å². The van der Waals surface area contributed by atoms with E-state index in [2.05, 4.69) is 39.7 Å². The van der Waals surface area contributed by atoms with Crippen LogP contribution < -0.4 is 4.90 Å². The second-order valence-corrected chi connectivity index (χ2v) is 9.81. The van der Waals surface area contributed by atoms with Crippen molar-refractivity contribution in [3.05, 3.63) is 44.6 Å². The van der Waals surface area contributed by atoms with E-state index in [9.17, 15) is 9.59 Å². The van der Waals surface area contributed by atoms with Crippen molar-refractivity contribution in [3.63, 3.8) is 0 Å². The molecule has 31 heavy (non-hydrogen) atoms. The van der Waals surface area contributed by atoms with Gasteiger partial charge in [0.2, 0.25) is 11.8 Å². The summed E-state index contributed by atoms with van der Waals surface area (Å²) in [4.78, 5) is 33.5. The summed E-state index contributed by atoms with van der Waals surface area (Å²) in [6.45, 7) is 2.20. The fraction of sp³-hybridized carbons (Fsp3) is 0.435. The van der Waals surface area contributed by atoms with Crippen LogP contribution in [0.1, 0.15) is 24.8 Å². The van der Waals surface area contributed by atoms with Gasteiger partial charge in [0.15, 0.2) is 0 Å². The van der Waals surface area contributed by atoms with Crippen LogP contribution in [0.3, 0.4) is 0 Å². The lowest BCUT2D eigenvalue weighted by Gasteiger charge is -2.34. The Hall–Kier alpha value is -1.71. The molecule has 4 rings (SSSR count). The minimum absolute atomic E-state index is 0.0210. The summed E-state index contributed by atoms with van der Waals surface area (Å²) in [5, 5.41) is 0.677. The van der Waals surface area contributed by atoms with Gasteiger partial charge in [-0.05, 0) is 83.2 Å². The third kappa shape index (κ3) is 5.21. The topological polar surface area (TPSA) is 62.7 Å².